The zero-order valence-electron chi connectivity index (χ0n) is 11.3. The van der Waals surface area contributed by atoms with Crippen LogP contribution in [0, 0.1) is 0 Å². The van der Waals surface area contributed by atoms with Gasteiger partial charge in [-0.15, -0.1) is 0 Å². The number of carbonyl (C=O) groups excluding carboxylic acids is 1. The normalized spacial score (nSPS) is 13.6. The summed E-state index contributed by atoms with van der Waals surface area (Å²) in [6.45, 7) is 3.32. The van der Waals surface area contributed by atoms with Gasteiger partial charge in [0.25, 0.3) is 5.91 Å². The molecule has 0 spiro atoms. The van der Waals surface area contributed by atoms with E-state index in [1.165, 1.54) is 36.9 Å². The van der Waals surface area contributed by atoms with Gasteiger partial charge in [-0.25, -0.2) is 4.79 Å². The number of hydrogen-bond donors (Lipinski definition) is 2. The summed E-state index contributed by atoms with van der Waals surface area (Å²) in [5, 5.41) is 11.7. The van der Waals surface area contributed by atoms with Crippen LogP contribution in [0.25, 0.3) is 0 Å². The van der Waals surface area contributed by atoms with E-state index in [4.69, 9.17) is 0 Å². The second kappa shape index (κ2) is 5.69. The van der Waals surface area contributed by atoms with E-state index < -0.39 is 17.4 Å². The van der Waals surface area contributed by atoms with Gasteiger partial charge in [-0.05, 0) is 19.4 Å². The van der Waals surface area contributed by atoms with Crippen molar-refractivity contribution in [3.63, 3.8) is 0 Å². The number of hydrogen-bond acceptors (Lipinski definition) is 3. The van der Waals surface area contributed by atoms with Crippen molar-refractivity contribution in [1.29, 1.82) is 0 Å². The second-order valence-electron chi connectivity index (χ2n) is 4.71. The van der Waals surface area contributed by atoms with Crippen LogP contribution >= 0.6 is 0 Å². The Morgan fingerprint density at radius 1 is 1.42 bits per heavy atom. The number of nitrogens with one attached hydrogen (secondary N) is 1. The highest BCUT2D eigenvalue weighted by molar-refractivity contribution is 5.97. The average Bonchev–Trinajstić information content (AvgIpc) is 2.32. The maximum absolute atomic E-state index is 12.0. The molecule has 6 nitrogen and oxygen atoms in total. The Balaban J connectivity index is 2.97. The fraction of sp³-hybridized carbons (Fsp3) is 0.462. The fourth-order valence-electron chi connectivity index (χ4n) is 1.77. The molecule has 104 valence electrons. The molecule has 1 amide bonds. The average molecular weight is 266 g/mol. The van der Waals surface area contributed by atoms with Gasteiger partial charge < -0.3 is 15.0 Å². The van der Waals surface area contributed by atoms with Crippen molar-refractivity contribution in [1.82, 2.24) is 9.88 Å². The molecule has 1 atom stereocenters. The maximum atomic E-state index is 12.0. The Labute approximate surface area is 111 Å². The van der Waals surface area contributed by atoms with Crippen LogP contribution in [0.15, 0.2) is 23.1 Å². The molecule has 19 heavy (non-hydrogen) atoms. The van der Waals surface area contributed by atoms with Crippen LogP contribution in [-0.2, 0) is 11.8 Å². The van der Waals surface area contributed by atoms with E-state index in [0.717, 1.165) is 0 Å². The highest BCUT2D eigenvalue weighted by Crippen LogP contribution is 2.13. The van der Waals surface area contributed by atoms with Crippen molar-refractivity contribution < 1.29 is 14.7 Å². The third-order valence-electron chi connectivity index (χ3n) is 2.96. The smallest absolute Gasteiger partial charge is 0.329 e. The van der Waals surface area contributed by atoms with Crippen LogP contribution in [0.1, 0.15) is 37.0 Å². The number of carbonyl (C=O) groups is 2. The lowest BCUT2D eigenvalue weighted by atomic mass is 9.96. The first-order valence-electron chi connectivity index (χ1n) is 6.03. The zero-order chi connectivity index (χ0) is 14.6. The number of pyridine rings is 1. The highest BCUT2D eigenvalue weighted by atomic mass is 16.4. The molecular formula is C13H18N2O4. The van der Waals surface area contributed by atoms with Crippen LogP contribution in [0.5, 0.6) is 0 Å². The summed E-state index contributed by atoms with van der Waals surface area (Å²) in [4.78, 5) is 34.5. The molecule has 1 heterocycles. The van der Waals surface area contributed by atoms with Crippen molar-refractivity contribution in [3.8, 4) is 0 Å². The van der Waals surface area contributed by atoms with Gasteiger partial charge >= 0.3 is 5.97 Å². The molecule has 0 saturated carbocycles. The minimum atomic E-state index is -1.31. The lowest BCUT2D eigenvalue weighted by Gasteiger charge is -2.25. The van der Waals surface area contributed by atoms with E-state index in [2.05, 4.69) is 5.32 Å². The Kier molecular flexibility index (Phi) is 4.47. The molecule has 1 unspecified atom stereocenters. The van der Waals surface area contributed by atoms with Gasteiger partial charge in [0.2, 0.25) is 5.56 Å². The standard InChI is InChI=1S/C13H18N2O4/c1-4-7-13(2,12(18)19)14-11(17)9-5-6-10(16)15(3)8-9/h5-6,8H,4,7H2,1-3H3,(H,14,17)(H,18,19). The third-order valence-corrected chi connectivity index (χ3v) is 2.96. The van der Waals surface area contributed by atoms with Crippen molar-refractivity contribution in [3.05, 3.63) is 34.2 Å². The molecule has 0 bridgehead atoms. The predicted octanol–water partition coefficient (Wildman–Crippen LogP) is 0.758. The number of rotatable bonds is 5. The number of aromatic nitrogens is 1. The first-order chi connectivity index (χ1) is 8.80. The van der Waals surface area contributed by atoms with Crippen molar-refractivity contribution in [2.45, 2.75) is 32.2 Å². The Hall–Kier alpha value is -2.11. The summed E-state index contributed by atoms with van der Waals surface area (Å²) in [6, 6.07) is 2.65. The zero-order valence-corrected chi connectivity index (χ0v) is 11.3. The van der Waals surface area contributed by atoms with E-state index in [-0.39, 0.29) is 11.1 Å². The van der Waals surface area contributed by atoms with Gasteiger partial charge in [-0.2, -0.15) is 0 Å². The van der Waals surface area contributed by atoms with Crippen LogP contribution in [0.2, 0.25) is 0 Å². The lowest BCUT2D eigenvalue weighted by molar-refractivity contribution is -0.144. The van der Waals surface area contributed by atoms with E-state index >= 15 is 0 Å². The SMILES string of the molecule is CCCC(C)(NC(=O)c1ccc(=O)n(C)c1)C(=O)O. The summed E-state index contributed by atoms with van der Waals surface area (Å²) in [7, 11) is 1.53. The molecule has 2 N–H and O–H groups in total. The van der Waals surface area contributed by atoms with E-state index in [0.29, 0.717) is 12.8 Å². The molecule has 0 aliphatic heterocycles. The van der Waals surface area contributed by atoms with Gasteiger partial charge in [0.1, 0.15) is 5.54 Å². The Morgan fingerprint density at radius 3 is 2.53 bits per heavy atom. The van der Waals surface area contributed by atoms with E-state index in [1.807, 2.05) is 6.92 Å². The molecule has 0 aliphatic rings. The molecule has 0 fully saturated rings. The van der Waals surface area contributed by atoms with Crippen molar-refractivity contribution in [2.24, 2.45) is 7.05 Å². The molecule has 1 rings (SSSR count). The number of aliphatic carboxylic acids is 1. The topological polar surface area (TPSA) is 88.4 Å². The summed E-state index contributed by atoms with van der Waals surface area (Å²) in [6.07, 6.45) is 2.35. The van der Waals surface area contributed by atoms with Crippen molar-refractivity contribution in [2.75, 3.05) is 0 Å². The molecule has 0 aliphatic carbocycles. The monoisotopic (exact) mass is 266 g/mol. The number of carboxylic acid groups (broad SMARTS) is 1. The molecule has 6 heteroatoms. The largest absolute Gasteiger partial charge is 0.480 e. The summed E-state index contributed by atoms with van der Waals surface area (Å²) >= 11 is 0. The van der Waals surface area contributed by atoms with Gasteiger partial charge in [0.05, 0.1) is 5.56 Å². The van der Waals surface area contributed by atoms with Gasteiger partial charge in [0, 0.05) is 19.3 Å². The number of amides is 1. The van der Waals surface area contributed by atoms with Crippen LogP contribution in [0.3, 0.4) is 0 Å². The molecule has 1 aromatic heterocycles. The van der Waals surface area contributed by atoms with Crippen molar-refractivity contribution >= 4 is 11.9 Å². The molecule has 1 aromatic rings. The first-order valence-corrected chi connectivity index (χ1v) is 6.03. The van der Waals surface area contributed by atoms with E-state index in [9.17, 15) is 19.5 Å². The molecular weight excluding hydrogens is 248 g/mol. The fourth-order valence-corrected chi connectivity index (χ4v) is 1.77. The van der Waals surface area contributed by atoms with Crippen LogP contribution < -0.4 is 10.9 Å². The number of carboxylic acids is 1. The summed E-state index contributed by atoms with van der Waals surface area (Å²) in [5.74, 6) is -1.58. The lowest BCUT2D eigenvalue weighted by Crippen LogP contribution is -2.52. The quantitative estimate of drug-likeness (QED) is 0.823. The number of nitrogens with zero attached hydrogens (tertiary/aromatic N) is 1. The Bertz CT molecular complexity index is 550. The van der Waals surface area contributed by atoms with Gasteiger partial charge in [-0.1, -0.05) is 13.3 Å². The highest BCUT2D eigenvalue weighted by Gasteiger charge is 2.34. The maximum Gasteiger partial charge on any atom is 0.329 e. The van der Waals surface area contributed by atoms with Crippen LogP contribution in [0.4, 0.5) is 0 Å². The summed E-state index contributed by atoms with van der Waals surface area (Å²) < 4.78 is 1.27. The van der Waals surface area contributed by atoms with Gasteiger partial charge in [-0.3, -0.25) is 9.59 Å². The first kappa shape index (κ1) is 14.9. The summed E-state index contributed by atoms with van der Waals surface area (Å²) in [5.41, 5.74) is -1.28. The van der Waals surface area contributed by atoms with Crippen LogP contribution in [-0.4, -0.2) is 27.1 Å². The number of aryl methyl sites for hydroxylation is 1. The minimum Gasteiger partial charge on any atom is -0.480 e. The predicted molar refractivity (Wildman–Crippen MR) is 70.1 cm³/mol. The van der Waals surface area contributed by atoms with E-state index in [1.54, 1.807) is 0 Å². The third kappa shape index (κ3) is 3.43. The van der Waals surface area contributed by atoms with Gasteiger partial charge in [0.15, 0.2) is 0 Å². The second-order valence-corrected chi connectivity index (χ2v) is 4.71. The Morgan fingerprint density at radius 2 is 2.05 bits per heavy atom. The molecule has 0 radical (unpaired) electrons. The molecule has 0 saturated heterocycles. The minimum absolute atomic E-state index is 0.230. The molecule has 0 aromatic carbocycles.